The van der Waals surface area contributed by atoms with Crippen molar-refractivity contribution in [2.24, 2.45) is 5.73 Å². The molecule has 1 aromatic heterocycles. The Morgan fingerprint density at radius 3 is 2.90 bits per heavy atom. The first kappa shape index (κ1) is 14.1. The lowest BCUT2D eigenvalue weighted by atomic mass is 9.82. The Kier molecular flexibility index (Phi) is 4.20. The van der Waals surface area contributed by atoms with Gasteiger partial charge in [0, 0.05) is 12.5 Å². The van der Waals surface area contributed by atoms with E-state index in [9.17, 15) is 4.39 Å². The molecule has 112 valence electrons. The highest BCUT2D eigenvalue weighted by atomic mass is 19.1. The molecular weight excluding hydrogens is 267 g/mol. The monoisotopic (exact) mass is 288 g/mol. The Balaban J connectivity index is 1.92. The average molecular weight is 288 g/mol. The lowest BCUT2D eigenvalue weighted by Gasteiger charge is -2.27. The van der Waals surface area contributed by atoms with Gasteiger partial charge < -0.3 is 11.1 Å². The predicted molar refractivity (Wildman–Crippen MR) is 82.3 cm³/mol. The molecule has 1 aromatic carbocycles. The number of rotatable bonds is 6. The summed E-state index contributed by atoms with van der Waals surface area (Å²) >= 11 is 0. The van der Waals surface area contributed by atoms with E-state index in [1.807, 2.05) is 16.9 Å². The highest BCUT2D eigenvalue weighted by molar-refractivity contribution is 5.52. The Bertz CT molecular complexity index is 604. The Labute approximate surface area is 124 Å². The van der Waals surface area contributed by atoms with Crippen LogP contribution in [-0.4, -0.2) is 22.9 Å². The number of hydrogen-bond acceptors (Lipinski definition) is 3. The number of aromatic nitrogens is 2. The number of benzene rings is 1. The van der Waals surface area contributed by atoms with Crippen LogP contribution in [0.2, 0.25) is 0 Å². The van der Waals surface area contributed by atoms with Crippen molar-refractivity contribution in [3.8, 4) is 5.69 Å². The molecule has 21 heavy (non-hydrogen) atoms. The summed E-state index contributed by atoms with van der Waals surface area (Å²) in [7, 11) is 0. The predicted octanol–water partition coefficient (Wildman–Crippen LogP) is 3.04. The van der Waals surface area contributed by atoms with Crippen LogP contribution in [0.4, 0.5) is 10.1 Å². The molecule has 5 heteroatoms. The standard InChI is InChI=1S/C16H21FN4/c17-13-6-2-7-14(10-13)21-16(12-4-1-5-12)15(11-20-21)19-9-3-8-18/h2,6-7,10-12,19H,1,3-5,8-9,18H2. The van der Waals surface area contributed by atoms with E-state index in [0.29, 0.717) is 12.5 Å². The molecule has 2 aromatic rings. The SMILES string of the molecule is NCCCNc1cnn(-c2cccc(F)c2)c1C1CCC1. The Morgan fingerprint density at radius 1 is 1.38 bits per heavy atom. The van der Waals surface area contributed by atoms with Gasteiger partial charge in [-0.15, -0.1) is 0 Å². The van der Waals surface area contributed by atoms with Crippen molar-refractivity contribution in [3.05, 3.63) is 42.0 Å². The first-order valence-electron chi connectivity index (χ1n) is 7.57. The average Bonchev–Trinajstić information content (AvgIpc) is 2.81. The number of hydrogen-bond donors (Lipinski definition) is 2. The van der Waals surface area contributed by atoms with Crippen molar-refractivity contribution in [1.82, 2.24) is 9.78 Å². The van der Waals surface area contributed by atoms with Crippen LogP contribution >= 0.6 is 0 Å². The van der Waals surface area contributed by atoms with Crippen LogP contribution in [0.1, 0.15) is 37.3 Å². The number of halogens is 1. The van der Waals surface area contributed by atoms with Crippen LogP contribution in [-0.2, 0) is 0 Å². The molecule has 0 bridgehead atoms. The van der Waals surface area contributed by atoms with E-state index < -0.39 is 0 Å². The summed E-state index contributed by atoms with van der Waals surface area (Å²) in [4.78, 5) is 0. The summed E-state index contributed by atoms with van der Waals surface area (Å²) in [5, 5.41) is 7.88. The molecule has 0 aliphatic heterocycles. The third-order valence-corrected chi connectivity index (χ3v) is 4.05. The van der Waals surface area contributed by atoms with Gasteiger partial charge in [-0.05, 0) is 44.0 Å². The smallest absolute Gasteiger partial charge is 0.125 e. The molecule has 3 N–H and O–H groups in total. The largest absolute Gasteiger partial charge is 0.382 e. The quantitative estimate of drug-likeness (QED) is 0.803. The lowest BCUT2D eigenvalue weighted by Crippen LogP contribution is -2.17. The summed E-state index contributed by atoms with van der Waals surface area (Å²) in [5.74, 6) is 0.274. The van der Waals surface area contributed by atoms with Gasteiger partial charge in [-0.3, -0.25) is 0 Å². The second-order valence-corrected chi connectivity index (χ2v) is 5.53. The fraction of sp³-hybridized carbons (Fsp3) is 0.438. The van der Waals surface area contributed by atoms with Crippen LogP contribution < -0.4 is 11.1 Å². The number of nitrogens with one attached hydrogen (secondary N) is 1. The van der Waals surface area contributed by atoms with Crippen LogP contribution in [0, 0.1) is 5.82 Å². The third kappa shape index (κ3) is 2.93. The summed E-state index contributed by atoms with van der Waals surface area (Å²) in [5.41, 5.74) is 8.54. The minimum atomic E-state index is -0.236. The van der Waals surface area contributed by atoms with Crippen LogP contribution in [0.15, 0.2) is 30.5 Å². The van der Waals surface area contributed by atoms with Crippen LogP contribution in [0.25, 0.3) is 5.69 Å². The third-order valence-electron chi connectivity index (χ3n) is 4.05. The van der Waals surface area contributed by atoms with E-state index in [0.717, 1.165) is 24.3 Å². The molecule has 1 aliphatic rings. The Morgan fingerprint density at radius 2 is 2.24 bits per heavy atom. The fourth-order valence-corrected chi connectivity index (χ4v) is 2.71. The Hall–Kier alpha value is -1.88. The van der Waals surface area contributed by atoms with E-state index in [1.165, 1.54) is 37.1 Å². The maximum Gasteiger partial charge on any atom is 0.125 e. The van der Waals surface area contributed by atoms with Crippen molar-refractivity contribution < 1.29 is 4.39 Å². The lowest BCUT2D eigenvalue weighted by molar-refractivity contribution is 0.404. The van der Waals surface area contributed by atoms with Crippen LogP contribution in [0.3, 0.4) is 0 Å². The summed E-state index contributed by atoms with van der Waals surface area (Å²) in [6.45, 7) is 1.51. The minimum absolute atomic E-state index is 0.236. The van der Waals surface area contributed by atoms with Gasteiger partial charge in [0.05, 0.1) is 23.3 Å². The number of anilines is 1. The zero-order valence-corrected chi connectivity index (χ0v) is 12.1. The summed E-state index contributed by atoms with van der Waals surface area (Å²) in [6.07, 6.45) is 6.37. The second kappa shape index (κ2) is 6.26. The zero-order chi connectivity index (χ0) is 14.7. The van der Waals surface area contributed by atoms with Gasteiger partial charge in [-0.25, -0.2) is 9.07 Å². The van der Waals surface area contributed by atoms with Gasteiger partial charge >= 0.3 is 0 Å². The van der Waals surface area contributed by atoms with E-state index in [2.05, 4.69) is 10.4 Å². The van der Waals surface area contributed by atoms with Gasteiger partial charge in [0.25, 0.3) is 0 Å². The van der Waals surface area contributed by atoms with Crippen molar-refractivity contribution in [3.63, 3.8) is 0 Å². The van der Waals surface area contributed by atoms with E-state index >= 15 is 0 Å². The van der Waals surface area contributed by atoms with Gasteiger partial charge in [0.1, 0.15) is 5.82 Å². The maximum atomic E-state index is 13.5. The molecule has 0 radical (unpaired) electrons. The van der Waals surface area contributed by atoms with Crippen molar-refractivity contribution >= 4 is 5.69 Å². The molecule has 0 unspecified atom stereocenters. The molecule has 0 saturated heterocycles. The number of nitrogens with two attached hydrogens (primary N) is 1. The zero-order valence-electron chi connectivity index (χ0n) is 12.1. The van der Waals surface area contributed by atoms with E-state index in [-0.39, 0.29) is 5.82 Å². The van der Waals surface area contributed by atoms with E-state index in [1.54, 1.807) is 6.07 Å². The summed E-state index contributed by atoms with van der Waals surface area (Å²) in [6, 6.07) is 6.59. The first-order valence-corrected chi connectivity index (χ1v) is 7.57. The van der Waals surface area contributed by atoms with Crippen molar-refractivity contribution in [2.75, 3.05) is 18.4 Å². The molecular formula is C16H21FN4. The van der Waals surface area contributed by atoms with E-state index in [4.69, 9.17) is 5.73 Å². The number of nitrogens with zero attached hydrogens (tertiary/aromatic N) is 2. The molecule has 1 aliphatic carbocycles. The molecule has 1 fully saturated rings. The topological polar surface area (TPSA) is 55.9 Å². The molecule has 3 rings (SSSR count). The normalized spacial score (nSPS) is 15.0. The first-order chi connectivity index (χ1) is 10.3. The molecule has 1 heterocycles. The van der Waals surface area contributed by atoms with Gasteiger partial charge in [-0.2, -0.15) is 5.10 Å². The van der Waals surface area contributed by atoms with Crippen LogP contribution in [0.5, 0.6) is 0 Å². The second-order valence-electron chi connectivity index (χ2n) is 5.53. The van der Waals surface area contributed by atoms with Gasteiger partial charge in [0.2, 0.25) is 0 Å². The molecule has 0 amide bonds. The highest BCUT2D eigenvalue weighted by Gasteiger charge is 2.27. The van der Waals surface area contributed by atoms with Crippen molar-refractivity contribution in [1.29, 1.82) is 0 Å². The fourth-order valence-electron chi connectivity index (χ4n) is 2.71. The molecule has 0 atom stereocenters. The highest BCUT2D eigenvalue weighted by Crippen LogP contribution is 2.40. The molecule has 4 nitrogen and oxygen atoms in total. The maximum absolute atomic E-state index is 13.5. The summed E-state index contributed by atoms with van der Waals surface area (Å²) < 4.78 is 15.3. The van der Waals surface area contributed by atoms with Gasteiger partial charge in [0.15, 0.2) is 0 Å². The molecule has 1 saturated carbocycles. The van der Waals surface area contributed by atoms with Crippen molar-refractivity contribution in [2.45, 2.75) is 31.6 Å². The molecule has 0 spiro atoms. The van der Waals surface area contributed by atoms with Gasteiger partial charge in [-0.1, -0.05) is 12.5 Å². The minimum Gasteiger partial charge on any atom is -0.382 e.